The molecule has 0 aromatic carbocycles. The molecule has 1 amide bonds. The van der Waals surface area contributed by atoms with Gasteiger partial charge in [0.15, 0.2) is 0 Å². The first-order valence-corrected chi connectivity index (χ1v) is 7.99. The Balaban J connectivity index is 1.81. The number of pyridine rings is 1. The molecule has 0 unspecified atom stereocenters. The van der Waals surface area contributed by atoms with Gasteiger partial charge in [-0.1, -0.05) is 12.1 Å². The Kier molecular flexibility index (Phi) is 4.20. The average molecular weight is 316 g/mol. The van der Waals surface area contributed by atoms with Crippen LogP contribution in [0.1, 0.15) is 22.9 Å². The van der Waals surface area contributed by atoms with Gasteiger partial charge in [-0.25, -0.2) is 0 Å². The molecular formula is C16H16N2O3S. The van der Waals surface area contributed by atoms with E-state index in [4.69, 9.17) is 0 Å². The molecule has 3 rings (SSSR count). The fourth-order valence-electron chi connectivity index (χ4n) is 2.88. The second kappa shape index (κ2) is 6.27. The molecule has 22 heavy (non-hydrogen) atoms. The number of carboxylic acids is 1. The third-order valence-corrected chi connectivity index (χ3v) is 4.89. The van der Waals surface area contributed by atoms with E-state index in [9.17, 15) is 14.7 Å². The highest BCUT2D eigenvalue weighted by molar-refractivity contribution is 7.10. The zero-order valence-corrected chi connectivity index (χ0v) is 12.7. The van der Waals surface area contributed by atoms with Crippen LogP contribution in [0.5, 0.6) is 0 Å². The van der Waals surface area contributed by atoms with Crippen molar-refractivity contribution in [1.82, 2.24) is 9.88 Å². The molecule has 5 nitrogen and oxygen atoms in total. The molecule has 6 heteroatoms. The molecule has 0 aliphatic carbocycles. The number of thiophene rings is 1. The fraction of sp³-hybridized carbons (Fsp3) is 0.312. The second-order valence-corrected chi connectivity index (χ2v) is 6.29. The van der Waals surface area contributed by atoms with Crippen LogP contribution >= 0.6 is 11.3 Å². The van der Waals surface area contributed by atoms with Crippen LogP contribution < -0.4 is 0 Å². The third-order valence-electron chi connectivity index (χ3n) is 3.95. The summed E-state index contributed by atoms with van der Waals surface area (Å²) in [5, 5.41) is 11.3. The predicted octanol–water partition coefficient (Wildman–Crippen LogP) is 2.36. The van der Waals surface area contributed by atoms with Crippen molar-refractivity contribution < 1.29 is 14.7 Å². The molecule has 0 radical (unpaired) electrons. The number of likely N-dealkylation sites (tertiary alicyclic amines) is 1. The van der Waals surface area contributed by atoms with E-state index in [1.54, 1.807) is 17.3 Å². The highest BCUT2D eigenvalue weighted by Crippen LogP contribution is 2.40. The Labute approximate surface area is 132 Å². The molecule has 1 aliphatic heterocycles. The van der Waals surface area contributed by atoms with Crippen LogP contribution in [0, 0.1) is 5.92 Å². The van der Waals surface area contributed by atoms with E-state index in [-0.39, 0.29) is 18.4 Å². The standard InChI is InChI=1S/C16H16N2O3S/c19-14-9-12(16(20)21)15(13-4-2-8-22-13)18(14)7-5-11-3-1-6-17-10-11/h1-4,6,8,10,12,15H,5,7,9H2,(H,20,21)/t12-,15-/m1/s1. The lowest BCUT2D eigenvalue weighted by molar-refractivity contribution is -0.142. The number of amides is 1. The molecule has 3 heterocycles. The minimum absolute atomic E-state index is 0.0743. The molecule has 1 fully saturated rings. The molecule has 0 saturated carbocycles. The van der Waals surface area contributed by atoms with E-state index in [2.05, 4.69) is 4.98 Å². The van der Waals surface area contributed by atoms with E-state index in [1.807, 2.05) is 29.6 Å². The number of hydrogen-bond donors (Lipinski definition) is 1. The zero-order valence-electron chi connectivity index (χ0n) is 11.9. The number of carbonyl (C=O) groups is 2. The van der Waals surface area contributed by atoms with Crippen LogP contribution in [0.2, 0.25) is 0 Å². The maximum Gasteiger partial charge on any atom is 0.309 e. The largest absolute Gasteiger partial charge is 0.481 e. The maximum absolute atomic E-state index is 12.3. The lowest BCUT2D eigenvalue weighted by atomic mass is 9.99. The third kappa shape index (κ3) is 2.87. The molecule has 2 aromatic rings. The molecule has 114 valence electrons. The summed E-state index contributed by atoms with van der Waals surface area (Å²) in [6.45, 7) is 0.511. The van der Waals surface area contributed by atoms with Gasteiger partial charge in [0.05, 0.1) is 12.0 Å². The average Bonchev–Trinajstić information content (AvgIpc) is 3.13. The van der Waals surface area contributed by atoms with E-state index < -0.39 is 11.9 Å². The maximum atomic E-state index is 12.3. The van der Waals surface area contributed by atoms with Gasteiger partial charge in [0, 0.05) is 30.2 Å². The van der Waals surface area contributed by atoms with Gasteiger partial charge >= 0.3 is 5.97 Å². The van der Waals surface area contributed by atoms with Crippen molar-refractivity contribution in [3.63, 3.8) is 0 Å². The molecule has 2 atom stereocenters. The Bertz CT molecular complexity index is 657. The van der Waals surface area contributed by atoms with Crippen LogP contribution in [-0.4, -0.2) is 33.4 Å². The monoisotopic (exact) mass is 316 g/mol. The van der Waals surface area contributed by atoms with Crippen molar-refractivity contribution in [1.29, 1.82) is 0 Å². The quantitative estimate of drug-likeness (QED) is 0.919. The minimum atomic E-state index is -0.907. The van der Waals surface area contributed by atoms with Crippen LogP contribution in [-0.2, 0) is 16.0 Å². The van der Waals surface area contributed by atoms with Crippen molar-refractivity contribution in [2.24, 2.45) is 5.92 Å². The number of carboxylic acid groups (broad SMARTS) is 1. The summed E-state index contributed by atoms with van der Waals surface area (Å²) in [6, 6.07) is 7.25. The Morgan fingerprint density at radius 1 is 1.41 bits per heavy atom. The molecule has 0 bridgehead atoms. The van der Waals surface area contributed by atoms with Gasteiger partial charge < -0.3 is 10.0 Å². The summed E-state index contributed by atoms with van der Waals surface area (Å²) < 4.78 is 0. The van der Waals surface area contributed by atoms with Crippen molar-refractivity contribution >= 4 is 23.2 Å². The summed E-state index contributed by atoms with van der Waals surface area (Å²) >= 11 is 1.50. The van der Waals surface area contributed by atoms with Gasteiger partial charge in [-0.3, -0.25) is 14.6 Å². The van der Waals surface area contributed by atoms with Crippen LogP contribution in [0.4, 0.5) is 0 Å². The Morgan fingerprint density at radius 3 is 2.91 bits per heavy atom. The summed E-state index contributed by atoms with van der Waals surface area (Å²) in [6.07, 6.45) is 4.23. The van der Waals surface area contributed by atoms with Crippen molar-refractivity contribution in [3.8, 4) is 0 Å². The smallest absolute Gasteiger partial charge is 0.309 e. The zero-order chi connectivity index (χ0) is 15.5. The van der Waals surface area contributed by atoms with E-state index in [0.29, 0.717) is 13.0 Å². The second-order valence-electron chi connectivity index (χ2n) is 5.31. The first-order valence-electron chi connectivity index (χ1n) is 7.11. The van der Waals surface area contributed by atoms with E-state index in [1.165, 1.54) is 11.3 Å². The predicted molar refractivity (Wildman–Crippen MR) is 82.5 cm³/mol. The van der Waals surface area contributed by atoms with Gasteiger partial charge in [-0.05, 0) is 29.5 Å². The SMILES string of the molecule is O=C(O)[C@@H]1CC(=O)N(CCc2cccnc2)[C@H]1c1cccs1. The number of nitrogens with zero attached hydrogens (tertiary/aromatic N) is 2. The summed E-state index contributed by atoms with van der Waals surface area (Å²) in [5.74, 6) is -1.66. The van der Waals surface area contributed by atoms with Gasteiger partial charge in [0.25, 0.3) is 0 Å². The minimum Gasteiger partial charge on any atom is -0.481 e. The summed E-state index contributed by atoms with van der Waals surface area (Å²) in [5.41, 5.74) is 1.04. The van der Waals surface area contributed by atoms with Crippen molar-refractivity contribution in [3.05, 3.63) is 52.5 Å². The van der Waals surface area contributed by atoms with E-state index >= 15 is 0 Å². The number of aromatic nitrogens is 1. The lowest BCUT2D eigenvalue weighted by Crippen LogP contribution is -2.31. The molecule has 1 aliphatic rings. The van der Waals surface area contributed by atoms with Crippen LogP contribution in [0.15, 0.2) is 42.0 Å². The molecule has 1 N–H and O–H groups in total. The molecule has 2 aromatic heterocycles. The van der Waals surface area contributed by atoms with Crippen LogP contribution in [0.25, 0.3) is 0 Å². The first-order chi connectivity index (χ1) is 10.7. The number of hydrogen-bond acceptors (Lipinski definition) is 4. The molecule has 0 spiro atoms. The lowest BCUT2D eigenvalue weighted by Gasteiger charge is -2.26. The fourth-order valence-corrected chi connectivity index (χ4v) is 3.78. The number of carbonyl (C=O) groups excluding carboxylic acids is 1. The van der Waals surface area contributed by atoms with Gasteiger partial charge in [0.1, 0.15) is 0 Å². The number of aliphatic carboxylic acids is 1. The number of rotatable bonds is 5. The Hall–Kier alpha value is -2.21. The highest BCUT2D eigenvalue weighted by atomic mass is 32.1. The van der Waals surface area contributed by atoms with Crippen molar-refractivity contribution in [2.75, 3.05) is 6.54 Å². The molecule has 1 saturated heterocycles. The first kappa shape index (κ1) is 14.7. The Morgan fingerprint density at radius 2 is 2.27 bits per heavy atom. The highest BCUT2D eigenvalue weighted by Gasteiger charge is 2.44. The van der Waals surface area contributed by atoms with Gasteiger partial charge in [0.2, 0.25) is 5.91 Å². The van der Waals surface area contributed by atoms with Crippen molar-refractivity contribution in [2.45, 2.75) is 18.9 Å². The summed E-state index contributed by atoms with van der Waals surface area (Å²) in [7, 11) is 0. The van der Waals surface area contributed by atoms with E-state index in [0.717, 1.165) is 10.4 Å². The molecular weight excluding hydrogens is 300 g/mol. The summed E-state index contributed by atoms with van der Waals surface area (Å²) in [4.78, 5) is 30.5. The van der Waals surface area contributed by atoms with Gasteiger partial charge in [-0.15, -0.1) is 11.3 Å². The normalized spacial score (nSPS) is 21.3. The topological polar surface area (TPSA) is 70.5 Å². The van der Waals surface area contributed by atoms with Gasteiger partial charge in [-0.2, -0.15) is 0 Å². The van der Waals surface area contributed by atoms with Crippen LogP contribution in [0.3, 0.4) is 0 Å².